The molecule has 9 nitrogen and oxygen atoms in total. The summed E-state index contributed by atoms with van der Waals surface area (Å²) in [6.07, 6.45) is 0. The predicted molar refractivity (Wildman–Crippen MR) is 80.5 cm³/mol. The minimum absolute atomic E-state index is 0.0180. The number of benzene rings is 2. The fraction of sp³-hybridized carbons (Fsp3) is 0. The van der Waals surface area contributed by atoms with Gasteiger partial charge >= 0.3 is 0 Å². The Morgan fingerprint density at radius 2 is 1.54 bits per heavy atom. The van der Waals surface area contributed by atoms with Gasteiger partial charge < -0.3 is 0 Å². The van der Waals surface area contributed by atoms with Crippen LogP contribution in [0.2, 0.25) is 0 Å². The molecule has 122 valence electrons. The lowest BCUT2D eigenvalue weighted by Gasteiger charge is -2.13. The van der Waals surface area contributed by atoms with Crippen LogP contribution in [-0.4, -0.2) is 29.7 Å². The Hall–Kier alpha value is -3.11. The zero-order chi connectivity index (χ0) is 17.6. The molecule has 1 N–H and O–H groups in total. The first-order valence-electron chi connectivity index (χ1n) is 6.45. The normalized spacial score (nSPS) is 14.0. The number of nitro benzene ring substituents is 1. The van der Waals surface area contributed by atoms with Crippen LogP contribution in [0.4, 0.5) is 11.4 Å². The first-order chi connectivity index (χ1) is 11.2. The van der Waals surface area contributed by atoms with E-state index in [0.29, 0.717) is 0 Å². The summed E-state index contributed by atoms with van der Waals surface area (Å²) < 4.78 is 31.0. The van der Waals surface area contributed by atoms with Gasteiger partial charge in [0.2, 0.25) is 0 Å². The summed E-state index contributed by atoms with van der Waals surface area (Å²) in [4.78, 5) is 35.2. The Balaban J connectivity index is 2.03. The highest BCUT2D eigenvalue weighted by molar-refractivity contribution is 7.85. The predicted octanol–water partition coefficient (Wildman–Crippen LogP) is 1.64. The molecule has 0 saturated heterocycles. The highest BCUT2D eigenvalue weighted by Gasteiger charge is 2.37. The number of hydrogen-bond donors (Lipinski definition) is 1. The summed E-state index contributed by atoms with van der Waals surface area (Å²) in [6.45, 7) is 0. The van der Waals surface area contributed by atoms with Gasteiger partial charge in [0.25, 0.3) is 27.6 Å². The van der Waals surface area contributed by atoms with Gasteiger partial charge in [-0.3, -0.25) is 24.3 Å². The van der Waals surface area contributed by atoms with Crippen molar-refractivity contribution < 1.29 is 27.5 Å². The number of nitrogens with zero attached hydrogens (tertiary/aromatic N) is 2. The highest BCUT2D eigenvalue weighted by Crippen LogP contribution is 2.31. The standard InChI is InChI=1S/C14H8N2O7S/c17-13-11-6-3-9(16(19)20)7-12(11)14(18)15(13)8-1-4-10(5-2-8)24(21,22)23/h1-7H,(H,21,22,23). The van der Waals surface area contributed by atoms with Crippen LogP contribution in [0.15, 0.2) is 47.4 Å². The van der Waals surface area contributed by atoms with Gasteiger partial charge in [-0.15, -0.1) is 0 Å². The van der Waals surface area contributed by atoms with E-state index in [4.69, 9.17) is 4.55 Å². The van der Waals surface area contributed by atoms with Crippen molar-refractivity contribution in [2.24, 2.45) is 0 Å². The third-order valence-corrected chi connectivity index (χ3v) is 4.34. The van der Waals surface area contributed by atoms with Crippen molar-refractivity contribution in [2.45, 2.75) is 4.90 Å². The average Bonchev–Trinajstić information content (AvgIpc) is 2.77. The summed E-state index contributed by atoms with van der Waals surface area (Å²) in [5, 5.41) is 10.8. The number of carbonyl (C=O) groups is 2. The molecule has 1 aliphatic rings. The van der Waals surface area contributed by atoms with Crippen LogP contribution in [-0.2, 0) is 10.1 Å². The molecule has 0 aromatic heterocycles. The molecule has 0 saturated carbocycles. The zero-order valence-corrected chi connectivity index (χ0v) is 12.6. The molecule has 0 bridgehead atoms. The molecule has 0 radical (unpaired) electrons. The van der Waals surface area contributed by atoms with E-state index in [-0.39, 0.29) is 22.5 Å². The topological polar surface area (TPSA) is 135 Å². The van der Waals surface area contributed by atoms with Gasteiger partial charge in [-0.25, -0.2) is 4.90 Å². The molecule has 1 heterocycles. The Labute approximate surface area is 135 Å². The number of carbonyl (C=O) groups excluding carboxylic acids is 2. The lowest BCUT2D eigenvalue weighted by Crippen LogP contribution is -2.29. The van der Waals surface area contributed by atoms with Gasteiger partial charge in [-0.05, 0) is 30.3 Å². The number of non-ortho nitro benzene ring substituents is 1. The molecule has 2 aromatic rings. The smallest absolute Gasteiger partial charge is 0.282 e. The number of anilines is 1. The minimum atomic E-state index is -4.40. The molecule has 24 heavy (non-hydrogen) atoms. The minimum Gasteiger partial charge on any atom is -0.282 e. The van der Waals surface area contributed by atoms with Crippen molar-refractivity contribution in [3.05, 3.63) is 63.7 Å². The second-order valence-corrected chi connectivity index (χ2v) is 6.32. The monoisotopic (exact) mass is 348 g/mol. The molecular formula is C14H8N2O7S. The van der Waals surface area contributed by atoms with Crippen LogP contribution in [0, 0.1) is 10.1 Å². The Morgan fingerprint density at radius 3 is 2.08 bits per heavy atom. The van der Waals surface area contributed by atoms with E-state index in [1.165, 1.54) is 18.2 Å². The van der Waals surface area contributed by atoms with E-state index in [1.54, 1.807) is 0 Å². The van der Waals surface area contributed by atoms with Gasteiger partial charge in [0.05, 0.1) is 26.6 Å². The van der Waals surface area contributed by atoms with E-state index in [0.717, 1.165) is 29.2 Å². The third kappa shape index (κ3) is 2.43. The van der Waals surface area contributed by atoms with Crippen LogP contribution < -0.4 is 4.90 Å². The lowest BCUT2D eigenvalue weighted by molar-refractivity contribution is -0.384. The molecule has 10 heteroatoms. The maximum Gasteiger partial charge on any atom is 0.294 e. The van der Waals surface area contributed by atoms with E-state index in [9.17, 15) is 28.1 Å². The van der Waals surface area contributed by atoms with Crippen molar-refractivity contribution in [1.29, 1.82) is 0 Å². The van der Waals surface area contributed by atoms with Crippen molar-refractivity contribution in [2.75, 3.05) is 4.90 Å². The SMILES string of the molecule is O=C1c2ccc([N+](=O)[O-])cc2C(=O)N1c1ccc(S(=O)(=O)O)cc1. The number of rotatable bonds is 3. The van der Waals surface area contributed by atoms with Crippen LogP contribution >= 0.6 is 0 Å². The molecule has 3 rings (SSSR count). The molecule has 1 aliphatic heterocycles. The van der Waals surface area contributed by atoms with Crippen molar-refractivity contribution in [1.82, 2.24) is 0 Å². The molecular weight excluding hydrogens is 340 g/mol. The zero-order valence-electron chi connectivity index (χ0n) is 11.7. The Kier molecular flexibility index (Phi) is 3.43. The largest absolute Gasteiger partial charge is 0.294 e. The number of fused-ring (bicyclic) bond motifs is 1. The quantitative estimate of drug-likeness (QED) is 0.385. The summed E-state index contributed by atoms with van der Waals surface area (Å²) in [7, 11) is -4.40. The summed E-state index contributed by atoms with van der Waals surface area (Å²) >= 11 is 0. The molecule has 0 unspecified atom stereocenters. The van der Waals surface area contributed by atoms with Crippen molar-refractivity contribution in [3.8, 4) is 0 Å². The van der Waals surface area contributed by atoms with Gasteiger partial charge in [-0.2, -0.15) is 8.42 Å². The lowest BCUT2D eigenvalue weighted by atomic mass is 10.1. The fourth-order valence-electron chi connectivity index (χ4n) is 2.34. The summed E-state index contributed by atoms with van der Waals surface area (Å²) in [5.74, 6) is -1.43. The number of imide groups is 1. The third-order valence-electron chi connectivity index (χ3n) is 3.47. The van der Waals surface area contributed by atoms with Gasteiger partial charge in [0, 0.05) is 12.1 Å². The molecule has 0 atom stereocenters. The molecule has 2 aromatic carbocycles. The van der Waals surface area contributed by atoms with Gasteiger partial charge in [-0.1, -0.05) is 0 Å². The van der Waals surface area contributed by atoms with Crippen LogP contribution in [0.5, 0.6) is 0 Å². The van der Waals surface area contributed by atoms with Gasteiger partial charge in [0.15, 0.2) is 0 Å². The molecule has 2 amide bonds. The fourth-order valence-corrected chi connectivity index (χ4v) is 2.82. The van der Waals surface area contributed by atoms with Crippen molar-refractivity contribution in [3.63, 3.8) is 0 Å². The maximum absolute atomic E-state index is 12.4. The Morgan fingerprint density at radius 1 is 0.958 bits per heavy atom. The maximum atomic E-state index is 12.4. The second-order valence-electron chi connectivity index (χ2n) is 4.90. The van der Waals surface area contributed by atoms with Crippen molar-refractivity contribution >= 4 is 33.3 Å². The van der Waals surface area contributed by atoms with Gasteiger partial charge in [0.1, 0.15) is 0 Å². The first-order valence-corrected chi connectivity index (χ1v) is 7.89. The van der Waals surface area contributed by atoms with Crippen LogP contribution in [0.1, 0.15) is 20.7 Å². The number of amides is 2. The van der Waals surface area contributed by atoms with E-state index in [1.807, 2.05) is 0 Å². The van der Waals surface area contributed by atoms with E-state index < -0.39 is 31.8 Å². The molecule has 0 fully saturated rings. The molecule has 0 spiro atoms. The molecule has 0 aliphatic carbocycles. The van der Waals surface area contributed by atoms with Crippen LogP contribution in [0.25, 0.3) is 0 Å². The van der Waals surface area contributed by atoms with E-state index >= 15 is 0 Å². The number of nitro groups is 1. The summed E-state index contributed by atoms with van der Waals surface area (Å²) in [5.41, 5.74) is -0.327. The van der Waals surface area contributed by atoms with Crippen LogP contribution in [0.3, 0.4) is 0 Å². The average molecular weight is 348 g/mol. The highest BCUT2D eigenvalue weighted by atomic mass is 32.2. The number of hydrogen-bond acceptors (Lipinski definition) is 6. The van der Waals surface area contributed by atoms with E-state index in [2.05, 4.69) is 0 Å². The summed E-state index contributed by atoms with van der Waals surface area (Å²) in [6, 6.07) is 7.77. The Bertz CT molecular complexity index is 996. The first kappa shape index (κ1) is 15.8. The second kappa shape index (κ2) is 5.22.